The standard InChI is InChI=1S/C15H8Cl2FNO2/c16-9-7-12(17)15-13(8-9)19(20)6-5-14(15)21-11-3-1-10(18)2-4-11/h1-8H. The first kappa shape index (κ1) is 13.9. The van der Waals surface area contributed by atoms with E-state index in [2.05, 4.69) is 0 Å². The molecule has 0 saturated heterocycles. The fourth-order valence-corrected chi connectivity index (χ4v) is 2.57. The second-order valence-electron chi connectivity index (χ2n) is 4.34. The molecule has 0 N–H and O–H groups in total. The topological polar surface area (TPSA) is 36.2 Å². The molecule has 3 aromatic rings. The van der Waals surface area contributed by atoms with Crippen LogP contribution in [-0.2, 0) is 0 Å². The van der Waals surface area contributed by atoms with Crippen LogP contribution in [0.25, 0.3) is 10.9 Å². The smallest absolute Gasteiger partial charge is 0.230 e. The molecular formula is C15H8Cl2FNO2. The average molecular weight is 324 g/mol. The van der Waals surface area contributed by atoms with Gasteiger partial charge in [-0.1, -0.05) is 23.2 Å². The van der Waals surface area contributed by atoms with Gasteiger partial charge in [0.2, 0.25) is 5.52 Å². The highest BCUT2D eigenvalue weighted by atomic mass is 35.5. The predicted octanol–water partition coefficient (Wildman–Crippen LogP) is 4.71. The molecule has 0 spiro atoms. The van der Waals surface area contributed by atoms with Crippen LogP contribution in [-0.4, -0.2) is 0 Å². The number of fused-ring (bicyclic) bond motifs is 1. The molecule has 0 atom stereocenters. The van der Waals surface area contributed by atoms with Crippen LogP contribution in [0, 0.1) is 11.0 Å². The fraction of sp³-hybridized carbons (Fsp3) is 0. The van der Waals surface area contributed by atoms with Gasteiger partial charge in [0.1, 0.15) is 22.7 Å². The van der Waals surface area contributed by atoms with E-state index in [4.69, 9.17) is 27.9 Å². The Balaban J connectivity index is 2.15. The summed E-state index contributed by atoms with van der Waals surface area (Å²) in [5.74, 6) is 0.472. The quantitative estimate of drug-likeness (QED) is 0.505. The van der Waals surface area contributed by atoms with Crippen LogP contribution in [0.2, 0.25) is 10.0 Å². The fourth-order valence-electron chi connectivity index (χ4n) is 1.99. The van der Waals surface area contributed by atoms with Crippen LogP contribution in [0.1, 0.15) is 0 Å². The van der Waals surface area contributed by atoms with Gasteiger partial charge in [0, 0.05) is 17.2 Å². The molecule has 106 valence electrons. The highest BCUT2D eigenvalue weighted by Crippen LogP contribution is 2.35. The number of rotatable bonds is 2. The first-order valence-corrected chi connectivity index (χ1v) is 6.74. The van der Waals surface area contributed by atoms with Crippen LogP contribution < -0.4 is 9.47 Å². The summed E-state index contributed by atoms with van der Waals surface area (Å²) in [5, 5.41) is 12.9. The molecule has 0 saturated carbocycles. The Morgan fingerprint density at radius 3 is 2.48 bits per heavy atom. The molecule has 3 rings (SSSR count). The van der Waals surface area contributed by atoms with Gasteiger partial charge >= 0.3 is 0 Å². The number of aromatic nitrogens is 1. The van der Waals surface area contributed by atoms with E-state index < -0.39 is 0 Å². The second kappa shape index (κ2) is 5.39. The van der Waals surface area contributed by atoms with Gasteiger partial charge in [-0.2, -0.15) is 4.73 Å². The highest BCUT2D eigenvalue weighted by molar-refractivity contribution is 6.38. The summed E-state index contributed by atoms with van der Waals surface area (Å²) in [4.78, 5) is 0. The van der Waals surface area contributed by atoms with Crippen LogP contribution in [0.15, 0.2) is 48.7 Å². The summed E-state index contributed by atoms with van der Waals surface area (Å²) in [6.07, 6.45) is 1.30. The van der Waals surface area contributed by atoms with Crippen molar-refractivity contribution in [3.05, 3.63) is 69.7 Å². The van der Waals surface area contributed by atoms with Gasteiger partial charge < -0.3 is 9.94 Å². The van der Waals surface area contributed by atoms with E-state index in [9.17, 15) is 9.60 Å². The minimum atomic E-state index is -0.359. The molecule has 1 aromatic heterocycles. The van der Waals surface area contributed by atoms with Gasteiger partial charge in [-0.25, -0.2) is 4.39 Å². The Labute approximate surface area is 129 Å². The van der Waals surface area contributed by atoms with E-state index in [0.717, 1.165) is 0 Å². The summed E-state index contributed by atoms with van der Waals surface area (Å²) in [5.41, 5.74) is 0.298. The van der Waals surface area contributed by atoms with Crippen molar-refractivity contribution < 1.29 is 13.9 Å². The van der Waals surface area contributed by atoms with Gasteiger partial charge in [0.15, 0.2) is 6.20 Å². The molecule has 0 aliphatic rings. The third kappa shape index (κ3) is 2.73. The van der Waals surface area contributed by atoms with Crippen LogP contribution in [0.4, 0.5) is 4.39 Å². The SMILES string of the molecule is [O-][n+]1ccc(Oc2ccc(F)cc2)c2c(Cl)cc(Cl)cc21. The third-order valence-corrected chi connectivity index (χ3v) is 3.44. The molecule has 2 aromatic carbocycles. The van der Waals surface area contributed by atoms with Crippen molar-refractivity contribution in [3.63, 3.8) is 0 Å². The van der Waals surface area contributed by atoms with E-state index in [1.54, 1.807) is 0 Å². The predicted molar refractivity (Wildman–Crippen MR) is 79.4 cm³/mol. The maximum atomic E-state index is 12.9. The maximum Gasteiger partial charge on any atom is 0.230 e. The minimum absolute atomic E-state index is 0.298. The van der Waals surface area contributed by atoms with Crippen molar-refractivity contribution in [1.29, 1.82) is 0 Å². The molecule has 0 amide bonds. The Bertz CT molecular complexity index is 822. The van der Waals surface area contributed by atoms with Crippen molar-refractivity contribution in [2.75, 3.05) is 0 Å². The maximum absolute atomic E-state index is 12.9. The number of hydrogen-bond acceptors (Lipinski definition) is 2. The lowest BCUT2D eigenvalue weighted by Gasteiger charge is -2.10. The highest BCUT2D eigenvalue weighted by Gasteiger charge is 2.15. The van der Waals surface area contributed by atoms with Crippen molar-refractivity contribution in [2.24, 2.45) is 0 Å². The second-order valence-corrected chi connectivity index (χ2v) is 5.19. The number of hydrogen-bond donors (Lipinski definition) is 0. The zero-order valence-electron chi connectivity index (χ0n) is 10.5. The Kier molecular flexibility index (Phi) is 3.57. The largest absolute Gasteiger partial charge is 0.618 e. The van der Waals surface area contributed by atoms with Crippen molar-refractivity contribution in [3.8, 4) is 11.5 Å². The first-order valence-electron chi connectivity index (χ1n) is 5.99. The van der Waals surface area contributed by atoms with Gasteiger partial charge in [-0.15, -0.1) is 0 Å². The molecule has 3 nitrogen and oxygen atoms in total. The van der Waals surface area contributed by atoms with Crippen molar-refractivity contribution >= 4 is 34.1 Å². The molecule has 6 heteroatoms. The van der Waals surface area contributed by atoms with E-state index in [0.29, 0.717) is 37.2 Å². The Morgan fingerprint density at radius 1 is 1.05 bits per heavy atom. The van der Waals surface area contributed by atoms with E-state index in [-0.39, 0.29) is 5.82 Å². The first-order chi connectivity index (χ1) is 10.0. The summed E-state index contributed by atoms with van der Waals surface area (Å²) in [7, 11) is 0. The number of halogens is 3. The third-order valence-electron chi connectivity index (χ3n) is 2.92. The Morgan fingerprint density at radius 2 is 1.76 bits per heavy atom. The molecule has 21 heavy (non-hydrogen) atoms. The van der Waals surface area contributed by atoms with E-state index in [1.165, 1.54) is 48.7 Å². The molecule has 0 fully saturated rings. The lowest BCUT2D eigenvalue weighted by molar-refractivity contribution is -0.577. The lowest BCUT2D eigenvalue weighted by atomic mass is 10.2. The lowest BCUT2D eigenvalue weighted by Crippen LogP contribution is -2.26. The van der Waals surface area contributed by atoms with Gasteiger partial charge in [0.25, 0.3) is 0 Å². The summed E-state index contributed by atoms with van der Waals surface area (Å²) in [6, 6.07) is 10.1. The van der Waals surface area contributed by atoms with Crippen LogP contribution in [0.3, 0.4) is 0 Å². The number of benzene rings is 2. The molecule has 0 radical (unpaired) electrons. The van der Waals surface area contributed by atoms with Crippen molar-refractivity contribution in [2.45, 2.75) is 0 Å². The van der Waals surface area contributed by atoms with Crippen LogP contribution in [0.5, 0.6) is 11.5 Å². The monoisotopic (exact) mass is 323 g/mol. The van der Waals surface area contributed by atoms with Gasteiger partial charge in [0.05, 0.1) is 5.02 Å². The minimum Gasteiger partial charge on any atom is -0.618 e. The van der Waals surface area contributed by atoms with Gasteiger partial charge in [-0.3, -0.25) is 0 Å². The van der Waals surface area contributed by atoms with Crippen molar-refractivity contribution in [1.82, 2.24) is 0 Å². The van der Waals surface area contributed by atoms with E-state index >= 15 is 0 Å². The summed E-state index contributed by atoms with van der Waals surface area (Å²) in [6.45, 7) is 0. The summed E-state index contributed by atoms with van der Waals surface area (Å²) >= 11 is 12.1. The van der Waals surface area contributed by atoms with Crippen LogP contribution >= 0.6 is 23.2 Å². The molecule has 1 heterocycles. The zero-order valence-corrected chi connectivity index (χ0v) is 12.0. The normalized spacial score (nSPS) is 10.8. The average Bonchev–Trinajstić information content (AvgIpc) is 2.44. The molecular weight excluding hydrogens is 316 g/mol. The zero-order chi connectivity index (χ0) is 15.0. The molecule has 0 bridgehead atoms. The number of pyridine rings is 1. The summed E-state index contributed by atoms with van der Waals surface area (Å²) < 4.78 is 19.2. The van der Waals surface area contributed by atoms with E-state index in [1.807, 2.05) is 0 Å². The Hall–Kier alpha value is -2.04. The van der Waals surface area contributed by atoms with Gasteiger partial charge in [-0.05, 0) is 30.3 Å². The molecule has 0 unspecified atom stereocenters. The molecule has 0 aliphatic heterocycles. The number of ether oxygens (including phenoxy) is 1. The number of nitrogens with zero attached hydrogens (tertiary/aromatic N) is 1. The molecule has 0 aliphatic carbocycles.